The Morgan fingerprint density at radius 1 is 1.00 bits per heavy atom. The minimum absolute atomic E-state index is 0.0975. The van der Waals surface area contributed by atoms with Gasteiger partial charge in [-0.3, -0.25) is 9.52 Å². The van der Waals surface area contributed by atoms with Gasteiger partial charge in [-0.05, 0) is 67.4 Å². The highest BCUT2D eigenvalue weighted by Gasteiger charge is 2.17. The molecule has 0 saturated heterocycles. The van der Waals surface area contributed by atoms with E-state index in [1.165, 1.54) is 12.1 Å². The Labute approximate surface area is 188 Å². The van der Waals surface area contributed by atoms with Crippen LogP contribution >= 0.6 is 0 Å². The SMILES string of the molecule is COc1ccc(NS(=O)(=O)c2ccc(OCC(=O)N[C@@H](C)c3ccccc3)c(C)c2)cc1. The van der Waals surface area contributed by atoms with Crippen LogP contribution in [0.25, 0.3) is 0 Å². The molecular formula is C24H26N2O5S. The third-order valence-corrected chi connectivity index (χ3v) is 6.21. The Balaban J connectivity index is 1.60. The Bertz CT molecular complexity index is 1160. The van der Waals surface area contributed by atoms with E-state index in [1.807, 2.05) is 37.3 Å². The molecular weight excluding hydrogens is 428 g/mol. The zero-order chi connectivity index (χ0) is 23.1. The number of carbonyl (C=O) groups excluding carboxylic acids is 1. The second-order valence-electron chi connectivity index (χ2n) is 7.25. The summed E-state index contributed by atoms with van der Waals surface area (Å²) < 4.78 is 38.6. The average Bonchev–Trinajstić information content (AvgIpc) is 2.79. The maximum atomic E-state index is 12.7. The Morgan fingerprint density at radius 2 is 1.69 bits per heavy atom. The first-order chi connectivity index (χ1) is 15.3. The highest BCUT2D eigenvalue weighted by molar-refractivity contribution is 7.92. The second-order valence-corrected chi connectivity index (χ2v) is 8.93. The normalized spacial score (nSPS) is 12.0. The number of sulfonamides is 1. The van der Waals surface area contributed by atoms with Crippen molar-refractivity contribution >= 4 is 21.6 Å². The van der Waals surface area contributed by atoms with Crippen molar-refractivity contribution in [1.82, 2.24) is 5.32 Å². The summed E-state index contributed by atoms with van der Waals surface area (Å²) >= 11 is 0. The fraction of sp³-hybridized carbons (Fsp3) is 0.208. The maximum Gasteiger partial charge on any atom is 0.261 e. The van der Waals surface area contributed by atoms with Gasteiger partial charge in [-0.25, -0.2) is 8.42 Å². The number of anilines is 1. The number of hydrogen-bond acceptors (Lipinski definition) is 5. The number of methoxy groups -OCH3 is 1. The summed E-state index contributed by atoms with van der Waals surface area (Å²) in [7, 11) is -2.23. The molecule has 32 heavy (non-hydrogen) atoms. The molecule has 2 N–H and O–H groups in total. The fourth-order valence-electron chi connectivity index (χ4n) is 3.08. The van der Waals surface area contributed by atoms with Crippen LogP contribution in [0.3, 0.4) is 0 Å². The molecule has 1 amide bonds. The molecule has 0 bridgehead atoms. The summed E-state index contributed by atoms with van der Waals surface area (Å²) in [5.74, 6) is 0.807. The summed E-state index contributed by atoms with van der Waals surface area (Å²) in [4.78, 5) is 12.3. The van der Waals surface area contributed by atoms with E-state index in [0.29, 0.717) is 22.7 Å². The molecule has 168 valence electrons. The Kier molecular flexibility index (Phi) is 7.37. The first-order valence-electron chi connectivity index (χ1n) is 10.0. The quantitative estimate of drug-likeness (QED) is 0.509. The number of benzene rings is 3. The molecule has 0 heterocycles. The zero-order valence-corrected chi connectivity index (χ0v) is 19.0. The van der Waals surface area contributed by atoms with Gasteiger partial charge in [-0.2, -0.15) is 0 Å². The molecule has 3 aromatic rings. The molecule has 3 rings (SSSR count). The largest absolute Gasteiger partial charge is 0.497 e. The van der Waals surface area contributed by atoms with E-state index < -0.39 is 10.0 Å². The van der Waals surface area contributed by atoms with E-state index in [9.17, 15) is 13.2 Å². The third kappa shape index (κ3) is 6.01. The predicted octanol–water partition coefficient (Wildman–Crippen LogP) is 4.06. The van der Waals surface area contributed by atoms with Crippen molar-refractivity contribution in [3.8, 4) is 11.5 Å². The van der Waals surface area contributed by atoms with Gasteiger partial charge in [0.25, 0.3) is 15.9 Å². The van der Waals surface area contributed by atoms with Crippen molar-refractivity contribution in [1.29, 1.82) is 0 Å². The molecule has 3 aromatic carbocycles. The lowest BCUT2D eigenvalue weighted by atomic mass is 10.1. The van der Waals surface area contributed by atoms with E-state index in [0.717, 1.165) is 5.56 Å². The van der Waals surface area contributed by atoms with Gasteiger partial charge in [0.1, 0.15) is 11.5 Å². The molecule has 0 spiro atoms. The predicted molar refractivity (Wildman–Crippen MR) is 123 cm³/mol. The lowest BCUT2D eigenvalue weighted by Crippen LogP contribution is -2.31. The molecule has 0 radical (unpaired) electrons. The Morgan fingerprint density at radius 3 is 2.31 bits per heavy atom. The number of hydrogen-bond donors (Lipinski definition) is 2. The monoisotopic (exact) mass is 454 g/mol. The molecule has 0 fully saturated rings. The van der Waals surface area contributed by atoms with Crippen LogP contribution in [0.4, 0.5) is 5.69 Å². The number of aryl methyl sites for hydroxylation is 1. The first-order valence-corrected chi connectivity index (χ1v) is 11.5. The second kappa shape index (κ2) is 10.2. The Hall–Kier alpha value is -3.52. The van der Waals surface area contributed by atoms with Gasteiger partial charge in [-0.15, -0.1) is 0 Å². The van der Waals surface area contributed by atoms with Gasteiger partial charge in [0.05, 0.1) is 18.0 Å². The molecule has 0 aliphatic rings. The van der Waals surface area contributed by atoms with Crippen LogP contribution < -0.4 is 19.5 Å². The summed E-state index contributed by atoms with van der Waals surface area (Å²) in [5.41, 5.74) is 2.02. The smallest absolute Gasteiger partial charge is 0.261 e. The molecule has 7 nitrogen and oxygen atoms in total. The van der Waals surface area contributed by atoms with E-state index in [4.69, 9.17) is 9.47 Å². The summed E-state index contributed by atoms with van der Waals surface area (Å²) in [6, 6.07) is 20.6. The van der Waals surface area contributed by atoms with Crippen LogP contribution in [0.1, 0.15) is 24.1 Å². The summed E-state index contributed by atoms with van der Waals surface area (Å²) in [6.07, 6.45) is 0. The van der Waals surface area contributed by atoms with E-state index in [1.54, 1.807) is 44.4 Å². The average molecular weight is 455 g/mol. The highest BCUT2D eigenvalue weighted by atomic mass is 32.2. The van der Waals surface area contributed by atoms with Crippen molar-refractivity contribution in [2.75, 3.05) is 18.4 Å². The molecule has 0 saturated carbocycles. The van der Waals surface area contributed by atoms with Crippen molar-refractivity contribution in [3.05, 3.63) is 83.9 Å². The molecule has 0 aliphatic heterocycles. The lowest BCUT2D eigenvalue weighted by Gasteiger charge is -2.15. The number of carbonyl (C=O) groups is 1. The van der Waals surface area contributed by atoms with Crippen LogP contribution in [-0.4, -0.2) is 28.0 Å². The number of ether oxygens (including phenoxy) is 2. The van der Waals surface area contributed by atoms with Crippen molar-refractivity contribution < 1.29 is 22.7 Å². The van der Waals surface area contributed by atoms with Gasteiger partial charge < -0.3 is 14.8 Å². The lowest BCUT2D eigenvalue weighted by molar-refractivity contribution is -0.123. The third-order valence-electron chi connectivity index (χ3n) is 4.83. The van der Waals surface area contributed by atoms with E-state index in [2.05, 4.69) is 10.0 Å². The van der Waals surface area contributed by atoms with Crippen molar-refractivity contribution in [3.63, 3.8) is 0 Å². The van der Waals surface area contributed by atoms with Crippen LogP contribution in [-0.2, 0) is 14.8 Å². The molecule has 8 heteroatoms. The van der Waals surface area contributed by atoms with E-state index >= 15 is 0 Å². The fourth-order valence-corrected chi connectivity index (χ4v) is 4.22. The molecule has 0 aromatic heterocycles. The van der Waals surface area contributed by atoms with Gasteiger partial charge in [0.15, 0.2) is 6.61 Å². The van der Waals surface area contributed by atoms with Crippen LogP contribution in [0.2, 0.25) is 0 Å². The van der Waals surface area contributed by atoms with Gasteiger partial charge in [0.2, 0.25) is 0 Å². The van der Waals surface area contributed by atoms with Crippen LogP contribution in [0.15, 0.2) is 77.7 Å². The van der Waals surface area contributed by atoms with Gasteiger partial charge >= 0.3 is 0 Å². The van der Waals surface area contributed by atoms with E-state index in [-0.39, 0.29) is 23.5 Å². The number of nitrogens with one attached hydrogen (secondary N) is 2. The minimum Gasteiger partial charge on any atom is -0.497 e. The number of rotatable bonds is 9. The zero-order valence-electron chi connectivity index (χ0n) is 18.2. The number of amides is 1. The molecule has 0 aliphatic carbocycles. The van der Waals surface area contributed by atoms with Crippen molar-refractivity contribution in [2.45, 2.75) is 24.8 Å². The molecule has 0 unspecified atom stereocenters. The molecule has 1 atom stereocenters. The maximum absolute atomic E-state index is 12.7. The van der Waals surface area contributed by atoms with Gasteiger partial charge in [-0.1, -0.05) is 30.3 Å². The summed E-state index contributed by atoms with van der Waals surface area (Å²) in [6.45, 7) is 3.45. The first kappa shape index (κ1) is 23.1. The van der Waals surface area contributed by atoms with Crippen LogP contribution in [0.5, 0.6) is 11.5 Å². The topological polar surface area (TPSA) is 93.7 Å². The van der Waals surface area contributed by atoms with Crippen molar-refractivity contribution in [2.24, 2.45) is 0 Å². The minimum atomic E-state index is -3.78. The van der Waals surface area contributed by atoms with Crippen LogP contribution in [0, 0.1) is 6.92 Å². The summed E-state index contributed by atoms with van der Waals surface area (Å²) in [5, 5.41) is 2.88. The van der Waals surface area contributed by atoms with Gasteiger partial charge in [0, 0.05) is 5.69 Å². The standard InChI is InChI=1S/C24H26N2O5S/c1-17-15-22(32(28,29)26-20-9-11-21(30-3)12-10-20)13-14-23(17)31-16-24(27)25-18(2)19-7-5-4-6-8-19/h4-15,18,26H,16H2,1-3H3,(H,25,27)/t18-/m0/s1. The highest BCUT2D eigenvalue weighted by Crippen LogP contribution is 2.24.